The lowest BCUT2D eigenvalue weighted by Crippen LogP contribution is -2.01. The smallest absolute Gasteiger partial charge is 0.146 e. The van der Waals surface area contributed by atoms with Gasteiger partial charge in [0.25, 0.3) is 0 Å². The van der Waals surface area contributed by atoms with Crippen molar-refractivity contribution < 1.29 is 9.47 Å². The fourth-order valence-electron chi connectivity index (χ4n) is 0.771. The Kier molecular flexibility index (Phi) is 12.3. The van der Waals surface area contributed by atoms with E-state index < -0.39 is 0 Å². The van der Waals surface area contributed by atoms with Crippen molar-refractivity contribution in [3.8, 4) is 0 Å². The van der Waals surface area contributed by atoms with Crippen LogP contribution in [0.5, 0.6) is 0 Å². The largest absolute Gasteiger partial charge is 0.355 e. The van der Waals surface area contributed by atoms with Gasteiger partial charge in [-0.1, -0.05) is 35.0 Å². The third-order valence-electron chi connectivity index (χ3n) is 1.39. The van der Waals surface area contributed by atoms with Crippen LogP contribution in [0.15, 0.2) is 12.2 Å². The average Bonchev–Trinajstić information content (AvgIpc) is 2.16. The molecular formula is C10H19BrO2. The summed E-state index contributed by atoms with van der Waals surface area (Å²) in [7, 11) is 0. The van der Waals surface area contributed by atoms with Crippen LogP contribution in [0.2, 0.25) is 0 Å². The van der Waals surface area contributed by atoms with Crippen molar-refractivity contribution in [2.24, 2.45) is 0 Å². The summed E-state index contributed by atoms with van der Waals surface area (Å²) in [5, 5.41) is 1.03. The summed E-state index contributed by atoms with van der Waals surface area (Å²) in [4.78, 5) is 0. The highest BCUT2D eigenvalue weighted by Crippen LogP contribution is 1.92. The molecule has 0 aliphatic heterocycles. The standard InChI is InChI=1S/C10H19BrO2/c1-2-8-12-10-13-9-6-4-3-5-7-11/h3-4H,2,5-10H2,1H3/b4-3+. The van der Waals surface area contributed by atoms with E-state index in [1.165, 1.54) is 0 Å². The van der Waals surface area contributed by atoms with Gasteiger partial charge >= 0.3 is 0 Å². The molecule has 0 aromatic rings. The summed E-state index contributed by atoms with van der Waals surface area (Å²) >= 11 is 3.36. The van der Waals surface area contributed by atoms with Gasteiger partial charge in [-0.3, -0.25) is 0 Å². The molecule has 0 saturated carbocycles. The minimum Gasteiger partial charge on any atom is -0.355 e. The minimum atomic E-state index is 0.431. The van der Waals surface area contributed by atoms with Crippen LogP contribution in [0.25, 0.3) is 0 Å². The highest BCUT2D eigenvalue weighted by atomic mass is 79.9. The Labute approximate surface area is 89.4 Å². The molecule has 0 spiro atoms. The molecule has 78 valence electrons. The Bertz CT molecular complexity index is 115. The van der Waals surface area contributed by atoms with Gasteiger partial charge in [0.05, 0.1) is 6.61 Å². The Morgan fingerprint density at radius 1 is 1.08 bits per heavy atom. The van der Waals surface area contributed by atoms with Crippen LogP contribution in [0.3, 0.4) is 0 Å². The zero-order valence-electron chi connectivity index (χ0n) is 8.30. The first-order chi connectivity index (χ1) is 6.41. The maximum Gasteiger partial charge on any atom is 0.146 e. The van der Waals surface area contributed by atoms with Crippen LogP contribution in [0.4, 0.5) is 0 Å². The third kappa shape index (κ3) is 12.1. The second kappa shape index (κ2) is 12.1. The molecule has 0 N–H and O–H groups in total. The van der Waals surface area contributed by atoms with E-state index >= 15 is 0 Å². The first-order valence-electron chi connectivity index (χ1n) is 4.78. The zero-order chi connectivity index (χ0) is 9.78. The van der Waals surface area contributed by atoms with Crippen molar-refractivity contribution in [2.75, 3.05) is 25.3 Å². The molecule has 0 aliphatic rings. The lowest BCUT2D eigenvalue weighted by Gasteiger charge is -2.02. The van der Waals surface area contributed by atoms with Gasteiger partial charge in [-0.25, -0.2) is 0 Å². The van der Waals surface area contributed by atoms with Crippen LogP contribution in [0.1, 0.15) is 26.2 Å². The SMILES string of the molecule is CCCOCOCC/C=C/CCBr. The fourth-order valence-corrected chi connectivity index (χ4v) is 1.04. The van der Waals surface area contributed by atoms with E-state index in [9.17, 15) is 0 Å². The first-order valence-corrected chi connectivity index (χ1v) is 5.90. The van der Waals surface area contributed by atoms with Crippen molar-refractivity contribution in [1.29, 1.82) is 0 Å². The molecule has 0 radical (unpaired) electrons. The van der Waals surface area contributed by atoms with Crippen molar-refractivity contribution in [3.05, 3.63) is 12.2 Å². The van der Waals surface area contributed by atoms with Crippen LogP contribution < -0.4 is 0 Å². The van der Waals surface area contributed by atoms with E-state index in [2.05, 4.69) is 35.0 Å². The molecule has 2 nitrogen and oxygen atoms in total. The molecule has 0 fully saturated rings. The predicted molar refractivity (Wildman–Crippen MR) is 59.2 cm³/mol. The number of hydrogen-bond donors (Lipinski definition) is 0. The van der Waals surface area contributed by atoms with Crippen LogP contribution in [-0.2, 0) is 9.47 Å². The van der Waals surface area contributed by atoms with E-state index in [0.717, 1.165) is 37.8 Å². The van der Waals surface area contributed by atoms with Gasteiger partial charge in [0.2, 0.25) is 0 Å². The van der Waals surface area contributed by atoms with Gasteiger partial charge in [0.15, 0.2) is 0 Å². The number of halogens is 1. The molecule has 0 amide bonds. The Hall–Kier alpha value is 0.140. The lowest BCUT2D eigenvalue weighted by molar-refractivity contribution is -0.0519. The monoisotopic (exact) mass is 250 g/mol. The maximum absolute atomic E-state index is 5.23. The molecule has 0 aliphatic carbocycles. The second-order valence-electron chi connectivity index (χ2n) is 2.67. The minimum absolute atomic E-state index is 0.431. The van der Waals surface area contributed by atoms with E-state index in [0.29, 0.717) is 6.79 Å². The maximum atomic E-state index is 5.23. The zero-order valence-corrected chi connectivity index (χ0v) is 9.88. The number of alkyl halides is 1. The Morgan fingerprint density at radius 3 is 2.46 bits per heavy atom. The van der Waals surface area contributed by atoms with Crippen molar-refractivity contribution in [1.82, 2.24) is 0 Å². The molecule has 0 heterocycles. The molecule has 13 heavy (non-hydrogen) atoms. The van der Waals surface area contributed by atoms with Gasteiger partial charge in [-0.05, 0) is 19.3 Å². The van der Waals surface area contributed by atoms with Crippen LogP contribution in [0, 0.1) is 0 Å². The highest BCUT2D eigenvalue weighted by Gasteiger charge is 1.85. The second-order valence-corrected chi connectivity index (χ2v) is 3.47. The topological polar surface area (TPSA) is 18.5 Å². The van der Waals surface area contributed by atoms with E-state index in [4.69, 9.17) is 9.47 Å². The highest BCUT2D eigenvalue weighted by molar-refractivity contribution is 9.09. The Balaban J connectivity index is 2.91. The summed E-state index contributed by atoms with van der Waals surface area (Å²) in [6, 6.07) is 0. The molecular weight excluding hydrogens is 232 g/mol. The van der Waals surface area contributed by atoms with Gasteiger partial charge in [0.1, 0.15) is 6.79 Å². The van der Waals surface area contributed by atoms with Crippen molar-refractivity contribution in [3.63, 3.8) is 0 Å². The normalized spacial score (nSPS) is 11.2. The van der Waals surface area contributed by atoms with Gasteiger partial charge in [-0.2, -0.15) is 0 Å². The van der Waals surface area contributed by atoms with Gasteiger partial charge in [-0.15, -0.1) is 0 Å². The lowest BCUT2D eigenvalue weighted by atomic mass is 10.3. The predicted octanol–water partition coefficient (Wildman–Crippen LogP) is 3.12. The summed E-state index contributed by atoms with van der Waals surface area (Å²) in [5.41, 5.74) is 0. The molecule has 0 aromatic carbocycles. The number of allylic oxidation sites excluding steroid dienone is 1. The molecule has 0 atom stereocenters. The molecule has 0 saturated heterocycles. The summed E-state index contributed by atoms with van der Waals surface area (Å²) in [6.07, 6.45) is 7.41. The van der Waals surface area contributed by atoms with Gasteiger partial charge in [0, 0.05) is 11.9 Å². The average molecular weight is 251 g/mol. The molecule has 0 rings (SSSR count). The molecule has 0 aromatic heterocycles. The number of rotatable bonds is 9. The van der Waals surface area contributed by atoms with Crippen molar-refractivity contribution in [2.45, 2.75) is 26.2 Å². The number of ether oxygens (including phenoxy) is 2. The van der Waals surface area contributed by atoms with E-state index in [-0.39, 0.29) is 0 Å². The molecule has 0 bridgehead atoms. The summed E-state index contributed by atoms with van der Waals surface area (Å²) < 4.78 is 10.4. The van der Waals surface area contributed by atoms with E-state index in [1.807, 2.05) is 0 Å². The Morgan fingerprint density at radius 2 is 1.77 bits per heavy atom. The fraction of sp³-hybridized carbons (Fsp3) is 0.800. The quantitative estimate of drug-likeness (QED) is 0.271. The van der Waals surface area contributed by atoms with Crippen molar-refractivity contribution >= 4 is 15.9 Å². The van der Waals surface area contributed by atoms with Crippen LogP contribution >= 0.6 is 15.9 Å². The molecule has 0 unspecified atom stereocenters. The summed E-state index contributed by atoms with van der Waals surface area (Å²) in [6.45, 7) is 4.06. The third-order valence-corrected chi connectivity index (χ3v) is 1.84. The van der Waals surface area contributed by atoms with Crippen LogP contribution in [-0.4, -0.2) is 25.3 Å². The molecule has 3 heteroatoms. The van der Waals surface area contributed by atoms with Gasteiger partial charge < -0.3 is 9.47 Å². The summed E-state index contributed by atoms with van der Waals surface area (Å²) in [5.74, 6) is 0. The first kappa shape index (κ1) is 13.1. The number of hydrogen-bond acceptors (Lipinski definition) is 2. The van der Waals surface area contributed by atoms with E-state index in [1.54, 1.807) is 0 Å².